The summed E-state index contributed by atoms with van der Waals surface area (Å²) >= 11 is 5.66. The highest BCUT2D eigenvalue weighted by Gasteiger charge is 2.32. The molecule has 0 bridgehead atoms. The van der Waals surface area contributed by atoms with Crippen molar-refractivity contribution in [3.63, 3.8) is 0 Å². The zero-order valence-electron chi connectivity index (χ0n) is 18.1. The molecular weight excluding hydrogens is 487 g/mol. The topological polar surface area (TPSA) is 90.9 Å². The molecule has 2 aromatic carbocycles. The number of methoxy groups -OCH3 is 3. The van der Waals surface area contributed by atoms with E-state index in [4.69, 9.17) is 25.8 Å². The molecule has 0 radical (unpaired) electrons. The maximum atomic E-state index is 12.9. The van der Waals surface area contributed by atoms with Crippen molar-refractivity contribution in [1.82, 2.24) is 0 Å². The Labute approximate surface area is 194 Å². The summed E-state index contributed by atoms with van der Waals surface area (Å²) < 4.78 is 82.4. The summed E-state index contributed by atoms with van der Waals surface area (Å²) in [5.74, 6) is -0.0416. The minimum atomic E-state index is -4.61. The van der Waals surface area contributed by atoms with Gasteiger partial charge in [0.15, 0.2) is 17.3 Å². The number of sulfonamides is 1. The smallest absolute Gasteiger partial charge is 0.416 e. The van der Waals surface area contributed by atoms with Gasteiger partial charge in [0.25, 0.3) is 10.0 Å². The highest BCUT2D eigenvalue weighted by atomic mass is 35.5. The Bertz CT molecular complexity index is 1090. The Hall–Kier alpha value is -2.66. The van der Waals surface area contributed by atoms with Crippen molar-refractivity contribution in [3.05, 3.63) is 41.5 Å². The van der Waals surface area contributed by atoms with Crippen LogP contribution >= 0.6 is 11.6 Å². The lowest BCUT2D eigenvalue weighted by Crippen LogP contribution is -2.17. The number of ether oxygens (including phenoxy) is 3. The first-order valence-electron chi connectivity index (χ1n) is 9.62. The molecule has 12 heteroatoms. The van der Waals surface area contributed by atoms with Crippen molar-refractivity contribution in [2.45, 2.75) is 30.3 Å². The van der Waals surface area contributed by atoms with Crippen LogP contribution in [-0.4, -0.2) is 41.4 Å². The van der Waals surface area contributed by atoms with Crippen LogP contribution in [0.3, 0.4) is 0 Å². The first kappa shape index (κ1) is 26.6. The van der Waals surface area contributed by atoms with E-state index < -0.39 is 26.7 Å². The predicted molar refractivity (Wildman–Crippen MR) is 117 cm³/mol. The van der Waals surface area contributed by atoms with Gasteiger partial charge in [0.1, 0.15) is 17.0 Å². The standard InChI is InChI=1S/C21H23ClF3NO6S/c1-30-16-12-17(31-2)19(20(32-3)18(16)15(27)6-4-5-11-22)26-33(28,29)14-9-7-13(8-10-14)21(23,24)25/h7-10,12,26H,4-6,11H2,1-3H3. The summed E-state index contributed by atoms with van der Waals surface area (Å²) in [4.78, 5) is 12.4. The van der Waals surface area contributed by atoms with E-state index in [0.717, 1.165) is 12.1 Å². The summed E-state index contributed by atoms with van der Waals surface area (Å²) in [5.41, 5.74) is -1.19. The number of hydrogen-bond donors (Lipinski definition) is 1. The summed E-state index contributed by atoms with van der Waals surface area (Å²) in [6.45, 7) is 0. The number of unbranched alkanes of at least 4 members (excludes halogenated alkanes) is 1. The van der Waals surface area contributed by atoms with Crippen molar-refractivity contribution in [2.75, 3.05) is 31.9 Å². The van der Waals surface area contributed by atoms with Crippen LogP contribution in [0.25, 0.3) is 0 Å². The van der Waals surface area contributed by atoms with E-state index in [9.17, 15) is 26.4 Å². The third-order valence-electron chi connectivity index (χ3n) is 4.65. The van der Waals surface area contributed by atoms with Crippen molar-refractivity contribution in [1.29, 1.82) is 0 Å². The van der Waals surface area contributed by atoms with Crippen LogP contribution in [0.15, 0.2) is 35.2 Å². The number of Topliss-reactive ketones (excluding diaryl/α,β-unsaturated/α-hetero) is 1. The largest absolute Gasteiger partial charge is 0.496 e. The number of anilines is 1. The third kappa shape index (κ3) is 6.23. The van der Waals surface area contributed by atoms with Crippen molar-refractivity contribution in [2.24, 2.45) is 0 Å². The zero-order chi connectivity index (χ0) is 24.8. The maximum absolute atomic E-state index is 12.9. The molecule has 0 heterocycles. The van der Waals surface area contributed by atoms with Gasteiger partial charge in [0, 0.05) is 18.4 Å². The lowest BCUT2D eigenvalue weighted by atomic mass is 10.0. The number of ketones is 1. The summed E-state index contributed by atoms with van der Waals surface area (Å²) in [6.07, 6.45) is -3.41. The first-order valence-corrected chi connectivity index (χ1v) is 11.6. The highest BCUT2D eigenvalue weighted by Crippen LogP contribution is 2.45. The Kier molecular flexibility index (Phi) is 8.84. The number of carbonyl (C=O) groups excluding carboxylic acids is 1. The van der Waals surface area contributed by atoms with Gasteiger partial charge in [-0.25, -0.2) is 8.42 Å². The third-order valence-corrected chi connectivity index (χ3v) is 6.28. The quantitative estimate of drug-likeness (QED) is 0.257. The lowest BCUT2D eigenvalue weighted by molar-refractivity contribution is -0.137. The molecule has 0 aliphatic carbocycles. The van der Waals surface area contributed by atoms with Gasteiger partial charge in [-0.2, -0.15) is 13.2 Å². The number of halogens is 4. The monoisotopic (exact) mass is 509 g/mol. The second-order valence-corrected chi connectivity index (χ2v) is 8.82. The summed E-state index contributed by atoms with van der Waals surface area (Å²) in [6, 6.07) is 4.28. The van der Waals surface area contributed by atoms with E-state index in [0.29, 0.717) is 30.9 Å². The number of benzene rings is 2. The van der Waals surface area contributed by atoms with Gasteiger partial charge in [-0.05, 0) is 37.1 Å². The van der Waals surface area contributed by atoms with Gasteiger partial charge in [0.2, 0.25) is 0 Å². The molecule has 0 unspecified atom stereocenters. The number of nitrogens with one attached hydrogen (secondary N) is 1. The Morgan fingerprint density at radius 1 is 1.00 bits per heavy atom. The SMILES string of the molecule is COc1cc(OC)c(C(=O)CCCCCl)c(OC)c1NS(=O)(=O)c1ccc(C(F)(F)F)cc1. The zero-order valence-corrected chi connectivity index (χ0v) is 19.7. The van der Waals surface area contributed by atoms with Gasteiger partial charge >= 0.3 is 6.18 Å². The van der Waals surface area contributed by atoms with Crippen LogP contribution in [0, 0.1) is 0 Å². The molecule has 182 valence electrons. The number of rotatable bonds is 11. The van der Waals surface area contributed by atoms with E-state index >= 15 is 0 Å². The molecule has 0 aliphatic rings. The number of alkyl halides is 4. The number of hydrogen-bond acceptors (Lipinski definition) is 6. The van der Waals surface area contributed by atoms with Crippen LogP contribution in [0.5, 0.6) is 17.2 Å². The van der Waals surface area contributed by atoms with E-state index in [-0.39, 0.29) is 40.7 Å². The van der Waals surface area contributed by atoms with Crippen LogP contribution in [0.1, 0.15) is 35.2 Å². The molecule has 0 fully saturated rings. The van der Waals surface area contributed by atoms with Crippen LogP contribution in [0.2, 0.25) is 0 Å². The Balaban J connectivity index is 2.56. The molecule has 2 rings (SSSR count). The Morgan fingerprint density at radius 3 is 2.09 bits per heavy atom. The van der Waals surface area contributed by atoms with Crippen molar-refractivity contribution >= 4 is 33.1 Å². The second kappa shape index (κ2) is 11.0. The highest BCUT2D eigenvalue weighted by molar-refractivity contribution is 7.92. The van der Waals surface area contributed by atoms with Crippen LogP contribution in [-0.2, 0) is 16.2 Å². The molecule has 1 N–H and O–H groups in total. The van der Waals surface area contributed by atoms with E-state index in [1.165, 1.54) is 27.4 Å². The second-order valence-electron chi connectivity index (χ2n) is 6.76. The van der Waals surface area contributed by atoms with E-state index in [2.05, 4.69) is 4.72 Å². The molecule has 0 saturated heterocycles. The molecule has 0 aromatic heterocycles. The molecule has 33 heavy (non-hydrogen) atoms. The fraction of sp³-hybridized carbons (Fsp3) is 0.381. The maximum Gasteiger partial charge on any atom is 0.416 e. The Morgan fingerprint density at radius 2 is 1.61 bits per heavy atom. The normalized spacial score (nSPS) is 11.7. The minimum Gasteiger partial charge on any atom is -0.496 e. The van der Waals surface area contributed by atoms with Gasteiger partial charge < -0.3 is 14.2 Å². The van der Waals surface area contributed by atoms with Crippen LogP contribution in [0.4, 0.5) is 18.9 Å². The first-order chi connectivity index (χ1) is 15.5. The van der Waals surface area contributed by atoms with Crippen LogP contribution < -0.4 is 18.9 Å². The average Bonchev–Trinajstić information content (AvgIpc) is 2.77. The van der Waals surface area contributed by atoms with Crippen molar-refractivity contribution < 1.29 is 40.6 Å². The summed E-state index contributed by atoms with van der Waals surface area (Å²) in [7, 11) is -0.536. The molecule has 0 atom stereocenters. The van der Waals surface area contributed by atoms with E-state index in [1.807, 2.05) is 0 Å². The molecule has 2 aromatic rings. The lowest BCUT2D eigenvalue weighted by Gasteiger charge is -2.20. The fourth-order valence-electron chi connectivity index (χ4n) is 3.02. The average molecular weight is 510 g/mol. The summed E-state index contributed by atoms with van der Waals surface area (Å²) in [5, 5.41) is 0. The van der Waals surface area contributed by atoms with Gasteiger partial charge in [-0.15, -0.1) is 11.6 Å². The predicted octanol–water partition coefficient (Wildman–Crippen LogP) is 5.12. The number of carbonyl (C=O) groups is 1. The van der Waals surface area contributed by atoms with Gasteiger partial charge in [-0.1, -0.05) is 0 Å². The molecule has 0 amide bonds. The molecular formula is C21H23ClF3NO6S. The fourth-order valence-corrected chi connectivity index (χ4v) is 4.28. The van der Waals surface area contributed by atoms with Crippen molar-refractivity contribution in [3.8, 4) is 17.2 Å². The minimum absolute atomic E-state index is 0.000455. The molecule has 0 aliphatic heterocycles. The van der Waals surface area contributed by atoms with Gasteiger partial charge in [0.05, 0.1) is 31.8 Å². The molecule has 0 spiro atoms. The van der Waals surface area contributed by atoms with E-state index in [1.54, 1.807) is 0 Å². The molecule has 0 saturated carbocycles. The molecule has 7 nitrogen and oxygen atoms in total. The van der Waals surface area contributed by atoms with Gasteiger partial charge in [-0.3, -0.25) is 9.52 Å².